The molecule has 3 rings (SSSR count). The molecule has 0 aliphatic heterocycles. The Labute approximate surface area is 139 Å². The maximum Gasteiger partial charge on any atom is 0.445 e. The molecule has 0 spiro atoms. The average molecular weight is 351 g/mol. The van der Waals surface area contributed by atoms with Gasteiger partial charge in [-0.1, -0.05) is 53.8 Å². The Kier molecular flexibility index (Phi) is 4.23. The molecule has 1 atom stereocenters. The minimum Gasteiger partial charge on any atom is -0.300 e. The van der Waals surface area contributed by atoms with Crippen LogP contribution in [0.1, 0.15) is 23.4 Å². The van der Waals surface area contributed by atoms with E-state index in [0.29, 0.717) is 11.3 Å². The van der Waals surface area contributed by atoms with Gasteiger partial charge in [0.15, 0.2) is 0 Å². The van der Waals surface area contributed by atoms with E-state index in [1.54, 1.807) is 6.92 Å². The molecule has 1 amide bonds. The number of fused-ring (bicyclic) bond motifs is 1. The average Bonchev–Trinajstić information content (AvgIpc) is 3.02. The number of benzene rings is 2. The number of aromatic nitrogens is 2. The summed E-state index contributed by atoms with van der Waals surface area (Å²) in [6.45, 7) is 1.69. The lowest BCUT2D eigenvalue weighted by Gasteiger charge is -2.11. The van der Waals surface area contributed by atoms with Crippen LogP contribution in [-0.2, 0) is 11.0 Å². The first-order valence-corrected chi connectivity index (χ1v) is 7.86. The molecule has 1 aromatic heterocycles. The number of nitrogens with one attached hydrogen (secondary N) is 1. The molecule has 124 valence electrons. The molecule has 24 heavy (non-hydrogen) atoms. The Hall–Kier alpha value is -2.48. The number of hydrogen-bond donors (Lipinski definition) is 1. The van der Waals surface area contributed by atoms with Crippen LogP contribution in [0.15, 0.2) is 42.5 Å². The number of nitrogens with zero attached hydrogens (tertiary/aromatic N) is 2. The fraction of sp³-hybridized carbons (Fsp3) is 0.188. The van der Waals surface area contributed by atoms with Gasteiger partial charge in [0.05, 0.1) is 5.92 Å². The van der Waals surface area contributed by atoms with Crippen LogP contribution < -0.4 is 5.32 Å². The van der Waals surface area contributed by atoms with Crippen molar-refractivity contribution in [2.24, 2.45) is 0 Å². The van der Waals surface area contributed by atoms with Gasteiger partial charge >= 0.3 is 6.18 Å². The molecule has 0 fully saturated rings. The van der Waals surface area contributed by atoms with Gasteiger partial charge in [0.1, 0.15) is 0 Å². The van der Waals surface area contributed by atoms with Crippen LogP contribution in [0, 0.1) is 0 Å². The van der Waals surface area contributed by atoms with Crippen molar-refractivity contribution < 1.29 is 18.0 Å². The lowest BCUT2D eigenvalue weighted by Crippen LogP contribution is -2.18. The molecule has 1 heterocycles. The highest BCUT2D eigenvalue weighted by molar-refractivity contribution is 7.15. The van der Waals surface area contributed by atoms with E-state index in [4.69, 9.17) is 0 Å². The Morgan fingerprint density at radius 3 is 2.50 bits per heavy atom. The maximum absolute atomic E-state index is 12.5. The highest BCUT2D eigenvalue weighted by Gasteiger charge is 2.36. The van der Waals surface area contributed by atoms with Crippen LogP contribution in [0.25, 0.3) is 10.8 Å². The normalized spacial score (nSPS) is 13.0. The smallest absolute Gasteiger partial charge is 0.300 e. The number of carbonyl (C=O) groups is 1. The summed E-state index contributed by atoms with van der Waals surface area (Å²) in [4.78, 5) is 12.3. The van der Waals surface area contributed by atoms with Crippen molar-refractivity contribution in [3.8, 4) is 0 Å². The van der Waals surface area contributed by atoms with Crippen LogP contribution in [0.2, 0.25) is 0 Å². The molecule has 1 unspecified atom stereocenters. The lowest BCUT2D eigenvalue weighted by molar-refractivity contribution is -0.138. The second-order valence-corrected chi connectivity index (χ2v) is 6.21. The summed E-state index contributed by atoms with van der Waals surface area (Å²) in [5.41, 5.74) is 0.770. The van der Waals surface area contributed by atoms with Crippen molar-refractivity contribution in [3.63, 3.8) is 0 Å². The number of amides is 1. The van der Waals surface area contributed by atoms with E-state index in [1.165, 1.54) is 0 Å². The third kappa shape index (κ3) is 3.38. The van der Waals surface area contributed by atoms with E-state index in [1.807, 2.05) is 42.5 Å². The second-order valence-electron chi connectivity index (χ2n) is 5.23. The van der Waals surface area contributed by atoms with E-state index in [9.17, 15) is 18.0 Å². The number of anilines is 1. The van der Waals surface area contributed by atoms with Gasteiger partial charge in [-0.25, -0.2) is 0 Å². The van der Waals surface area contributed by atoms with Crippen LogP contribution in [0.4, 0.5) is 18.3 Å². The van der Waals surface area contributed by atoms with Crippen molar-refractivity contribution in [2.75, 3.05) is 5.32 Å². The number of hydrogen-bond acceptors (Lipinski definition) is 4. The van der Waals surface area contributed by atoms with Crippen molar-refractivity contribution in [1.29, 1.82) is 0 Å². The number of alkyl halides is 3. The van der Waals surface area contributed by atoms with Crippen molar-refractivity contribution in [1.82, 2.24) is 10.2 Å². The minimum atomic E-state index is -4.56. The molecule has 2 aromatic carbocycles. The lowest BCUT2D eigenvalue weighted by atomic mass is 9.97. The zero-order chi connectivity index (χ0) is 17.3. The summed E-state index contributed by atoms with van der Waals surface area (Å²) in [5, 5.41) is 9.58. The molecule has 0 aliphatic carbocycles. The predicted octanol–water partition coefficient (Wildman–Crippen LogP) is 4.45. The zero-order valence-corrected chi connectivity index (χ0v) is 13.3. The SMILES string of the molecule is CC(C(=O)Nc1nnc(C(F)(F)F)s1)c1ccc2ccccc2c1. The molecule has 0 saturated carbocycles. The van der Waals surface area contributed by atoms with Gasteiger partial charge in [-0.2, -0.15) is 13.2 Å². The van der Waals surface area contributed by atoms with E-state index >= 15 is 0 Å². The third-order valence-electron chi connectivity index (χ3n) is 3.56. The molecular formula is C16H12F3N3OS. The topological polar surface area (TPSA) is 54.9 Å². The first-order chi connectivity index (χ1) is 11.3. The van der Waals surface area contributed by atoms with Crippen molar-refractivity contribution in [2.45, 2.75) is 19.0 Å². The highest BCUT2D eigenvalue weighted by Crippen LogP contribution is 2.33. The van der Waals surface area contributed by atoms with Gasteiger partial charge in [-0.15, -0.1) is 10.2 Å². The van der Waals surface area contributed by atoms with E-state index in [0.717, 1.165) is 16.3 Å². The summed E-state index contributed by atoms with van der Waals surface area (Å²) in [6.07, 6.45) is -4.56. The highest BCUT2D eigenvalue weighted by atomic mass is 32.1. The number of halogens is 3. The molecule has 1 N–H and O–H groups in total. The molecule has 4 nitrogen and oxygen atoms in total. The predicted molar refractivity (Wildman–Crippen MR) is 85.9 cm³/mol. The van der Waals surface area contributed by atoms with Gasteiger partial charge in [0.25, 0.3) is 0 Å². The Bertz CT molecular complexity index is 891. The third-order valence-corrected chi connectivity index (χ3v) is 4.45. The van der Waals surface area contributed by atoms with Gasteiger partial charge in [-0.05, 0) is 23.3 Å². The molecule has 3 aromatic rings. The van der Waals surface area contributed by atoms with E-state index < -0.39 is 23.0 Å². The van der Waals surface area contributed by atoms with E-state index in [-0.39, 0.29) is 5.13 Å². The standard InChI is InChI=1S/C16H12F3N3OS/c1-9(11-7-6-10-4-2-3-5-12(10)8-11)13(23)20-15-22-21-14(24-15)16(17,18)19/h2-9H,1H3,(H,20,22,23). The Morgan fingerprint density at radius 2 is 1.83 bits per heavy atom. The van der Waals surface area contributed by atoms with Gasteiger partial charge in [-0.3, -0.25) is 10.1 Å². The molecule has 0 radical (unpaired) electrons. The first-order valence-electron chi connectivity index (χ1n) is 7.05. The van der Waals surface area contributed by atoms with Crippen molar-refractivity contribution >= 4 is 33.1 Å². The number of carbonyl (C=O) groups excluding carboxylic acids is 1. The monoisotopic (exact) mass is 351 g/mol. The molecular weight excluding hydrogens is 339 g/mol. The van der Waals surface area contributed by atoms with Gasteiger partial charge < -0.3 is 0 Å². The van der Waals surface area contributed by atoms with E-state index in [2.05, 4.69) is 15.5 Å². The second kappa shape index (κ2) is 6.20. The largest absolute Gasteiger partial charge is 0.445 e. The molecule has 0 bridgehead atoms. The summed E-state index contributed by atoms with van der Waals surface area (Å²) in [7, 11) is 0. The van der Waals surface area contributed by atoms with Crippen LogP contribution in [0.5, 0.6) is 0 Å². The molecule has 0 saturated heterocycles. The fourth-order valence-corrected chi connectivity index (χ4v) is 2.84. The molecule has 0 aliphatic rings. The first kappa shape index (κ1) is 16.4. The zero-order valence-electron chi connectivity index (χ0n) is 12.5. The van der Waals surface area contributed by atoms with Crippen LogP contribution >= 0.6 is 11.3 Å². The summed E-state index contributed by atoms with van der Waals surface area (Å²) < 4.78 is 37.5. The van der Waals surface area contributed by atoms with Crippen molar-refractivity contribution in [3.05, 3.63) is 53.0 Å². The summed E-state index contributed by atoms with van der Waals surface area (Å²) in [6, 6.07) is 13.3. The number of rotatable bonds is 3. The minimum absolute atomic E-state index is 0.167. The maximum atomic E-state index is 12.5. The Balaban J connectivity index is 1.77. The van der Waals surface area contributed by atoms with Gasteiger partial charge in [0.2, 0.25) is 16.0 Å². The molecule has 8 heteroatoms. The fourth-order valence-electron chi connectivity index (χ4n) is 2.23. The van der Waals surface area contributed by atoms with Gasteiger partial charge in [0, 0.05) is 0 Å². The quantitative estimate of drug-likeness (QED) is 0.758. The summed E-state index contributed by atoms with van der Waals surface area (Å²) in [5.74, 6) is -0.969. The summed E-state index contributed by atoms with van der Waals surface area (Å²) >= 11 is 0.304. The van der Waals surface area contributed by atoms with Crippen LogP contribution in [0.3, 0.4) is 0 Å². The Morgan fingerprint density at radius 1 is 1.12 bits per heavy atom. The van der Waals surface area contributed by atoms with Crippen LogP contribution in [-0.4, -0.2) is 16.1 Å².